The zero-order valence-corrected chi connectivity index (χ0v) is 6.30. The summed E-state index contributed by atoms with van der Waals surface area (Å²) in [4.78, 5) is 2.15. The molecule has 0 amide bonds. The average molecular weight is 128 g/mol. The Labute approximate surface area is 57.3 Å². The highest BCUT2D eigenvalue weighted by Gasteiger charge is 1.83. The fraction of sp³-hybridized carbons (Fsp3) is 0.714. The molecule has 0 aliphatic rings. The van der Waals surface area contributed by atoms with Gasteiger partial charge in [0.2, 0.25) is 0 Å². The molecule has 0 spiro atoms. The SMILES string of the molecule is CN(C)CC/C=C/CN. The summed E-state index contributed by atoms with van der Waals surface area (Å²) in [6.07, 6.45) is 5.20. The van der Waals surface area contributed by atoms with Crippen LogP contribution >= 0.6 is 0 Å². The zero-order valence-electron chi connectivity index (χ0n) is 6.30. The number of hydrogen-bond donors (Lipinski definition) is 1. The van der Waals surface area contributed by atoms with Gasteiger partial charge in [-0.1, -0.05) is 12.2 Å². The normalized spacial score (nSPS) is 11.6. The first-order chi connectivity index (χ1) is 4.27. The predicted molar refractivity (Wildman–Crippen MR) is 41.4 cm³/mol. The van der Waals surface area contributed by atoms with Gasteiger partial charge in [0.15, 0.2) is 0 Å². The second-order valence-corrected chi connectivity index (χ2v) is 2.30. The lowest BCUT2D eigenvalue weighted by molar-refractivity contribution is 0.417. The van der Waals surface area contributed by atoms with E-state index >= 15 is 0 Å². The molecule has 54 valence electrons. The van der Waals surface area contributed by atoms with Gasteiger partial charge >= 0.3 is 0 Å². The molecule has 0 aromatic heterocycles. The highest BCUT2D eigenvalue weighted by molar-refractivity contribution is 4.82. The number of nitrogens with zero attached hydrogens (tertiary/aromatic N) is 1. The standard InChI is InChI=1S/C7H16N2/c1-9(2)7-5-3-4-6-8/h3-4H,5-8H2,1-2H3/b4-3+. The van der Waals surface area contributed by atoms with Gasteiger partial charge in [0.25, 0.3) is 0 Å². The number of hydrogen-bond acceptors (Lipinski definition) is 2. The zero-order chi connectivity index (χ0) is 7.11. The van der Waals surface area contributed by atoms with Crippen LogP contribution < -0.4 is 5.73 Å². The van der Waals surface area contributed by atoms with Crippen LogP contribution in [0.5, 0.6) is 0 Å². The molecule has 0 unspecified atom stereocenters. The van der Waals surface area contributed by atoms with Gasteiger partial charge in [0.05, 0.1) is 0 Å². The first-order valence-electron chi connectivity index (χ1n) is 3.27. The van der Waals surface area contributed by atoms with Crippen molar-refractivity contribution in [3.63, 3.8) is 0 Å². The fourth-order valence-corrected chi connectivity index (χ4v) is 0.547. The molecule has 2 nitrogen and oxygen atoms in total. The molecule has 0 aromatic rings. The summed E-state index contributed by atoms with van der Waals surface area (Å²) >= 11 is 0. The van der Waals surface area contributed by atoms with Crippen LogP contribution in [-0.4, -0.2) is 32.1 Å². The van der Waals surface area contributed by atoms with Crippen LogP contribution in [0.4, 0.5) is 0 Å². The molecule has 0 aromatic carbocycles. The molecule has 0 heterocycles. The van der Waals surface area contributed by atoms with Crippen molar-refractivity contribution in [2.24, 2.45) is 5.73 Å². The van der Waals surface area contributed by atoms with Crippen molar-refractivity contribution >= 4 is 0 Å². The molecule has 0 rings (SSSR count). The molecule has 0 fully saturated rings. The Morgan fingerprint density at radius 1 is 1.33 bits per heavy atom. The summed E-state index contributed by atoms with van der Waals surface area (Å²) < 4.78 is 0. The van der Waals surface area contributed by atoms with E-state index in [4.69, 9.17) is 5.73 Å². The Hall–Kier alpha value is -0.340. The van der Waals surface area contributed by atoms with Gasteiger partial charge in [0, 0.05) is 13.1 Å². The van der Waals surface area contributed by atoms with Crippen LogP contribution in [0.1, 0.15) is 6.42 Å². The molecule has 2 heteroatoms. The van der Waals surface area contributed by atoms with E-state index in [1.165, 1.54) is 0 Å². The highest BCUT2D eigenvalue weighted by Crippen LogP contribution is 1.83. The van der Waals surface area contributed by atoms with Crippen LogP contribution in [0.25, 0.3) is 0 Å². The Morgan fingerprint density at radius 3 is 2.44 bits per heavy atom. The van der Waals surface area contributed by atoms with Crippen molar-refractivity contribution < 1.29 is 0 Å². The third kappa shape index (κ3) is 7.66. The molecular formula is C7H16N2. The van der Waals surface area contributed by atoms with E-state index in [2.05, 4.69) is 25.1 Å². The Bertz CT molecular complexity index is 77.0. The molecule has 0 saturated carbocycles. The molecule has 2 N–H and O–H groups in total. The lowest BCUT2D eigenvalue weighted by atomic mass is 10.3. The lowest BCUT2D eigenvalue weighted by Crippen LogP contribution is -2.11. The monoisotopic (exact) mass is 128 g/mol. The Kier molecular flexibility index (Phi) is 5.57. The van der Waals surface area contributed by atoms with Crippen LogP contribution in [0.2, 0.25) is 0 Å². The average Bonchev–Trinajstić information content (AvgIpc) is 1.80. The summed E-state index contributed by atoms with van der Waals surface area (Å²) in [5.74, 6) is 0. The fourth-order valence-electron chi connectivity index (χ4n) is 0.547. The van der Waals surface area contributed by atoms with Gasteiger partial charge < -0.3 is 10.6 Å². The van der Waals surface area contributed by atoms with E-state index in [1.54, 1.807) is 0 Å². The maximum Gasteiger partial charge on any atom is 0.0106 e. The van der Waals surface area contributed by atoms with Crippen molar-refractivity contribution in [1.82, 2.24) is 4.90 Å². The van der Waals surface area contributed by atoms with Crippen LogP contribution in [0.15, 0.2) is 12.2 Å². The Balaban J connectivity index is 2.99. The van der Waals surface area contributed by atoms with Gasteiger partial charge in [0.1, 0.15) is 0 Å². The second kappa shape index (κ2) is 5.79. The van der Waals surface area contributed by atoms with Crippen LogP contribution in [0.3, 0.4) is 0 Å². The molecule has 0 aliphatic carbocycles. The van der Waals surface area contributed by atoms with Crippen LogP contribution in [0, 0.1) is 0 Å². The molecular weight excluding hydrogens is 112 g/mol. The van der Waals surface area contributed by atoms with Gasteiger partial charge in [-0.05, 0) is 20.5 Å². The maximum atomic E-state index is 5.24. The van der Waals surface area contributed by atoms with Crippen molar-refractivity contribution in [3.05, 3.63) is 12.2 Å². The third-order valence-corrected chi connectivity index (χ3v) is 1.05. The van der Waals surface area contributed by atoms with Gasteiger partial charge in [-0.2, -0.15) is 0 Å². The smallest absolute Gasteiger partial charge is 0.0106 e. The second-order valence-electron chi connectivity index (χ2n) is 2.30. The molecule has 0 saturated heterocycles. The largest absolute Gasteiger partial charge is 0.327 e. The summed E-state index contributed by atoms with van der Waals surface area (Å²) in [6.45, 7) is 1.77. The summed E-state index contributed by atoms with van der Waals surface area (Å²) in [6, 6.07) is 0. The highest BCUT2D eigenvalue weighted by atomic mass is 15.0. The van der Waals surface area contributed by atoms with Crippen LogP contribution in [-0.2, 0) is 0 Å². The van der Waals surface area contributed by atoms with E-state index in [0.717, 1.165) is 13.0 Å². The van der Waals surface area contributed by atoms with Crippen molar-refractivity contribution in [2.45, 2.75) is 6.42 Å². The van der Waals surface area contributed by atoms with E-state index in [1.807, 2.05) is 6.08 Å². The van der Waals surface area contributed by atoms with E-state index in [0.29, 0.717) is 6.54 Å². The lowest BCUT2D eigenvalue weighted by Gasteiger charge is -2.05. The van der Waals surface area contributed by atoms with E-state index < -0.39 is 0 Å². The van der Waals surface area contributed by atoms with Crippen molar-refractivity contribution in [1.29, 1.82) is 0 Å². The molecule has 0 bridgehead atoms. The molecule has 0 atom stereocenters. The quantitative estimate of drug-likeness (QED) is 0.557. The first-order valence-corrected chi connectivity index (χ1v) is 3.27. The third-order valence-electron chi connectivity index (χ3n) is 1.05. The molecule has 0 radical (unpaired) electrons. The molecule has 9 heavy (non-hydrogen) atoms. The van der Waals surface area contributed by atoms with Gasteiger partial charge in [-0.3, -0.25) is 0 Å². The predicted octanol–water partition coefficient (Wildman–Crippen LogP) is 0.453. The number of rotatable bonds is 4. The summed E-state index contributed by atoms with van der Waals surface area (Å²) in [5.41, 5.74) is 5.24. The molecule has 0 aliphatic heterocycles. The van der Waals surface area contributed by atoms with Crippen molar-refractivity contribution in [2.75, 3.05) is 27.2 Å². The minimum Gasteiger partial charge on any atom is -0.327 e. The Morgan fingerprint density at radius 2 is 2.00 bits per heavy atom. The summed E-state index contributed by atoms with van der Waals surface area (Å²) in [7, 11) is 4.13. The minimum absolute atomic E-state index is 0.660. The number of nitrogens with two attached hydrogens (primary N) is 1. The van der Waals surface area contributed by atoms with Gasteiger partial charge in [-0.25, -0.2) is 0 Å². The van der Waals surface area contributed by atoms with Gasteiger partial charge in [-0.15, -0.1) is 0 Å². The van der Waals surface area contributed by atoms with Crippen molar-refractivity contribution in [3.8, 4) is 0 Å². The maximum absolute atomic E-state index is 5.24. The minimum atomic E-state index is 0.660. The summed E-state index contributed by atoms with van der Waals surface area (Å²) in [5, 5.41) is 0. The first kappa shape index (κ1) is 8.66. The topological polar surface area (TPSA) is 29.3 Å². The van der Waals surface area contributed by atoms with E-state index in [-0.39, 0.29) is 0 Å². The van der Waals surface area contributed by atoms with E-state index in [9.17, 15) is 0 Å².